The number of methoxy groups -OCH3 is 2. The SMILES string of the molecule is COc1cccc(OC)c1C(=O)C(CC(C)CC(C)(C)C)C(=O)OCCC(C)C.O=[PH2+]. The van der Waals surface area contributed by atoms with E-state index in [1.807, 2.05) is 0 Å². The molecule has 0 aromatic heterocycles. The molecular weight excluding hydrogens is 415 g/mol. The molecule has 0 aliphatic rings. The maximum atomic E-state index is 13.5. The summed E-state index contributed by atoms with van der Waals surface area (Å²) in [7, 11) is 4.17. The summed E-state index contributed by atoms with van der Waals surface area (Å²) in [5.74, 6) is -0.257. The lowest BCUT2D eigenvalue weighted by Gasteiger charge is -2.26. The highest BCUT2D eigenvalue weighted by Gasteiger charge is 2.35. The third-order valence-corrected chi connectivity index (χ3v) is 4.81. The highest BCUT2D eigenvalue weighted by atomic mass is 31.0. The number of hydrogen-bond acceptors (Lipinski definition) is 6. The second-order valence-electron chi connectivity index (χ2n) is 9.41. The minimum atomic E-state index is -0.885. The first-order chi connectivity index (χ1) is 14.5. The fourth-order valence-corrected chi connectivity index (χ4v) is 3.61. The molecule has 0 bridgehead atoms. The summed E-state index contributed by atoms with van der Waals surface area (Å²) in [6, 6.07) is 5.16. The molecule has 1 aromatic rings. The van der Waals surface area contributed by atoms with E-state index in [0.717, 1.165) is 12.8 Å². The van der Waals surface area contributed by atoms with Gasteiger partial charge in [0.25, 0.3) is 0 Å². The summed E-state index contributed by atoms with van der Waals surface area (Å²) >= 11 is 0. The van der Waals surface area contributed by atoms with Gasteiger partial charge >= 0.3 is 15.1 Å². The average molecular weight is 456 g/mol. The zero-order valence-corrected chi connectivity index (χ0v) is 21.5. The first-order valence-corrected chi connectivity index (χ1v) is 11.1. The van der Waals surface area contributed by atoms with Crippen LogP contribution in [0.15, 0.2) is 18.2 Å². The molecule has 0 amide bonds. The number of Topliss-reactive ketones (excluding diaryl/α,β-unsaturated/α-hetero) is 1. The third-order valence-electron chi connectivity index (χ3n) is 4.81. The van der Waals surface area contributed by atoms with E-state index < -0.39 is 11.9 Å². The van der Waals surface area contributed by atoms with Crippen molar-refractivity contribution in [2.75, 3.05) is 20.8 Å². The number of carbonyl (C=O) groups excluding carboxylic acids is 2. The molecule has 0 fully saturated rings. The van der Waals surface area contributed by atoms with E-state index in [1.54, 1.807) is 18.2 Å². The molecule has 0 aliphatic heterocycles. The number of rotatable bonds is 11. The number of esters is 1. The van der Waals surface area contributed by atoms with Crippen LogP contribution in [0.3, 0.4) is 0 Å². The molecule has 6 nitrogen and oxygen atoms in total. The molecule has 7 heteroatoms. The van der Waals surface area contributed by atoms with Gasteiger partial charge in [0, 0.05) is 0 Å². The van der Waals surface area contributed by atoms with Crippen molar-refractivity contribution in [3.8, 4) is 11.5 Å². The first-order valence-electron chi connectivity index (χ1n) is 10.7. The second kappa shape index (κ2) is 14.2. The van der Waals surface area contributed by atoms with Crippen LogP contribution in [0.4, 0.5) is 0 Å². The molecule has 176 valence electrons. The lowest BCUT2D eigenvalue weighted by atomic mass is 9.80. The van der Waals surface area contributed by atoms with E-state index in [9.17, 15) is 9.59 Å². The Labute approximate surface area is 189 Å². The lowest BCUT2D eigenvalue weighted by Crippen LogP contribution is -2.30. The Morgan fingerprint density at radius 1 is 1.00 bits per heavy atom. The minimum absolute atomic E-state index is 0.108. The van der Waals surface area contributed by atoms with Crippen molar-refractivity contribution in [2.45, 2.75) is 60.8 Å². The molecule has 0 heterocycles. The number of ether oxygens (including phenoxy) is 3. The fourth-order valence-electron chi connectivity index (χ4n) is 3.61. The van der Waals surface area contributed by atoms with E-state index in [1.165, 1.54) is 23.3 Å². The number of benzene rings is 1. The van der Waals surface area contributed by atoms with Crippen LogP contribution < -0.4 is 9.47 Å². The van der Waals surface area contributed by atoms with Gasteiger partial charge in [-0.3, -0.25) is 9.59 Å². The molecule has 3 atom stereocenters. The van der Waals surface area contributed by atoms with Crippen LogP contribution in [-0.4, -0.2) is 32.6 Å². The average Bonchev–Trinajstić information content (AvgIpc) is 2.70. The Kier molecular flexibility index (Phi) is 13.3. The standard InChI is InChI=1S/C24H38O5.H2OP/c1-16(2)12-13-29-23(26)18(14-17(3)15-24(4,5)6)22(25)21-19(27-7)10-9-11-20(21)28-8;1-2/h9-11,16-18H,12-15H2,1-8H3;2H2/q;+1. The van der Waals surface area contributed by atoms with Gasteiger partial charge < -0.3 is 14.2 Å². The summed E-state index contributed by atoms with van der Waals surface area (Å²) in [6.07, 6.45) is 2.10. The van der Waals surface area contributed by atoms with Gasteiger partial charge in [0.15, 0.2) is 5.78 Å². The predicted molar refractivity (Wildman–Crippen MR) is 126 cm³/mol. The molecule has 0 aliphatic carbocycles. The Morgan fingerprint density at radius 3 is 1.94 bits per heavy atom. The number of carbonyl (C=O) groups is 2. The predicted octanol–water partition coefficient (Wildman–Crippen LogP) is 5.76. The topological polar surface area (TPSA) is 78.9 Å². The van der Waals surface area contributed by atoms with E-state index in [4.69, 9.17) is 18.8 Å². The van der Waals surface area contributed by atoms with Gasteiger partial charge in [-0.1, -0.05) is 52.2 Å². The van der Waals surface area contributed by atoms with Crippen molar-refractivity contribution in [1.82, 2.24) is 0 Å². The molecule has 0 N–H and O–H groups in total. The van der Waals surface area contributed by atoms with Crippen LogP contribution in [0.5, 0.6) is 11.5 Å². The maximum absolute atomic E-state index is 13.5. The monoisotopic (exact) mass is 455 g/mol. The van der Waals surface area contributed by atoms with Crippen LogP contribution in [0.25, 0.3) is 0 Å². The lowest BCUT2D eigenvalue weighted by molar-refractivity contribution is -0.147. The highest BCUT2D eigenvalue weighted by Crippen LogP contribution is 2.34. The van der Waals surface area contributed by atoms with Gasteiger partial charge in [0.2, 0.25) is 0 Å². The molecule has 0 saturated carbocycles. The van der Waals surface area contributed by atoms with E-state index in [2.05, 4.69) is 41.5 Å². The first kappa shape index (κ1) is 29.1. The number of ketones is 1. The van der Waals surface area contributed by atoms with Crippen molar-refractivity contribution in [3.63, 3.8) is 0 Å². The quantitative estimate of drug-likeness (QED) is 0.183. The largest absolute Gasteiger partial charge is 0.496 e. The summed E-state index contributed by atoms with van der Waals surface area (Å²) in [4.78, 5) is 26.4. The molecule has 1 aromatic carbocycles. The molecule has 0 saturated heterocycles. The zero-order valence-electron chi connectivity index (χ0n) is 20.3. The molecule has 1 rings (SSSR count). The summed E-state index contributed by atoms with van der Waals surface area (Å²) in [5.41, 5.74) is 0.405. The van der Waals surface area contributed by atoms with Gasteiger partial charge in [-0.05, 0) is 48.6 Å². The van der Waals surface area contributed by atoms with E-state index in [0.29, 0.717) is 36.0 Å². The Balaban J connectivity index is 0.00000436. The molecule has 3 unspecified atom stereocenters. The van der Waals surface area contributed by atoms with Crippen molar-refractivity contribution < 1.29 is 28.4 Å². The van der Waals surface area contributed by atoms with Crippen LogP contribution in [0.1, 0.15) is 71.2 Å². The van der Waals surface area contributed by atoms with Gasteiger partial charge in [0.05, 0.1) is 20.8 Å². The molecule has 31 heavy (non-hydrogen) atoms. The fraction of sp³-hybridized carbons (Fsp3) is 0.667. The Bertz CT molecular complexity index is 674. The Morgan fingerprint density at radius 2 is 1.52 bits per heavy atom. The van der Waals surface area contributed by atoms with Gasteiger partial charge in [-0.2, -0.15) is 0 Å². The van der Waals surface area contributed by atoms with Crippen molar-refractivity contribution in [1.29, 1.82) is 0 Å². The molecular formula is C24H40O6P+. The second-order valence-corrected chi connectivity index (χ2v) is 9.41. The zero-order chi connectivity index (χ0) is 24.2. The van der Waals surface area contributed by atoms with Crippen LogP contribution in [0.2, 0.25) is 0 Å². The van der Waals surface area contributed by atoms with E-state index in [-0.39, 0.29) is 17.1 Å². The van der Waals surface area contributed by atoms with Crippen LogP contribution in [0, 0.1) is 23.2 Å². The third kappa shape index (κ3) is 10.3. The molecule has 0 spiro atoms. The summed E-state index contributed by atoms with van der Waals surface area (Å²) < 4.78 is 24.4. The van der Waals surface area contributed by atoms with Gasteiger partial charge in [-0.25, -0.2) is 0 Å². The smallest absolute Gasteiger partial charge is 0.316 e. The number of hydrogen-bond donors (Lipinski definition) is 0. The summed E-state index contributed by atoms with van der Waals surface area (Å²) in [6.45, 7) is 13.0. The van der Waals surface area contributed by atoms with Crippen molar-refractivity contribution in [2.24, 2.45) is 23.2 Å². The molecule has 0 radical (unpaired) electrons. The van der Waals surface area contributed by atoms with Crippen LogP contribution in [-0.2, 0) is 14.1 Å². The highest BCUT2D eigenvalue weighted by molar-refractivity contribution is 7.00. The van der Waals surface area contributed by atoms with Crippen molar-refractivity contribution in [3.05, 3.63) is 23.8 Å². The van der Waals surface area contributed by atoms with Gasteiger partial charge in [0.1, 0.15) is 23.0 Å². The van der Waals surface area contributed by atoms with Crippen molar-refractivity contribution >= 4 is 20.9 Å². The van der Waals surface area contributed by atoms with E-state index >= 15 is 0 Å². The Hall–Kier alpha value is -1.94. The normalized spacial score (nSPS) is 12.9. The summed E-state index contributed by atoms with van der Waals surface area (Å²) in [5, 5.41) is 0. The van der Waals surface area contributed by atoms with Crippen LogP contribution >= 0.6 is 9.12 Å². The van der Waals surface area contributed by atoms with Gasteiger partial charge in [-0.15, -0.1) is 0 Å². The maximum Gasteiger partial charge on any atom is 0.316 e. The minimum Gasteiger partial charge on any atom is -0.496 e.